The number of ketones is 1. The third-order valence-electron chi connectivity index (χ3n) is 4.53. The van der Waals surface area contributed by atoms with Crippen LogP contribution in [0.2, 0.25) is 0 Å². The first-order valence-corrected chi connectivity index (χ1v) is 10.8. The zero-order valence-corrected chi connectivity index (χ0v) is 17.7. The number of ether oxygens (including phenoxy) is 1. The molecule has 2 N–H and O–H groups in total. The molecular weight excluding hydrogens is 390 g/mol. The average molecular weight is 417 g/mol. The average Bonchev–Trinajstić information content (AvgIpc) is 2.72. The molecule has 0 aliphatic carbocycles. The molecule has 0 saturated heterocycles. The van der Waals surface area contributed by atoms with Crippen molar-refractivity contribution in [2.45, 2.75) is 13.8 Å². The lowest BCUT2D eigenvalue weighted by Gasteiger charge is -2.21. The minimum absolute atomic E-state index is 0.0893. The summed E-state index contributed by atoms with van der Waals surface area (Å²) in [5.74, 6) is -1.32. The van der Waals surface area contributed by atoms with Crippen molar-refractivity contribution in [1.29, 1.82) is 0 Å². The van der Waals surface area contributed by atoms with Gasteiger partial charge in [-0.1, -0.05) is 18.2 Å². The van der Waals surface area contributed by atoms with Gasteiger partial charge in [-0.25, -0.2) is 4.79 Å². The molecule has 1 unspecified atom stereocenters. The summed E-state index contributed by atoms with van der Waals surface area (Å²) in [5, 5.41) is 10.4. The molecule has 2 rings (SSSR count). The second-order valence-electron chi connectivity index (χ2n) is 6.34. The number of anilines is 1. The van der Waals surface area contributed by atoms with Crippen molar-refractivity contribution in [1.82, 2.24) is 0 Å². The first-order chi connectivity index (χ1) is 13.8. The molecule has 2 aromatic rings. The van der Waals surface area contributed by atoms with Crippen molar-refractivity contribution < 1.29 is 24.0 Å². The molecule has 1 atom stereocenters. The Kier molecular flexibility index (Phi) is 7.87. The molecule has 6 nitrogen and oxygen atoms in total. The summed E-state index contributed by atoms with van der Waals surface area (Å²) >= 11 is -1.06. The summed E-state index contributed by atoms with van der Waals surface area (Å²) in [6, 6.07) is 11.2. The van der Waals surface area contributed by atoms with Gasteiger partial charge in [0.1, 0.15) is 12.0 Å². The number of carbonyl (C=O) groups excluding carboxylic acids is 2. The Morgan fingerprint density at radius 1 is 1.07 bits per heavy atom. The van der Waals surface area contributed by atoms with Crippen LogP contribution in [0.1, 0.15) is 40.1 Å². The van der Waals surface area contributed by atoms with E-state index in [1.54, 1.807) is 36.6 Å². The van der Waals surface area contributed by atoms with Crippen LogP contribution >= 0.6 is 0 Å². The second kappa shape index (κ2) is 10.1. The summed E-state index contributed by atoms with van der Waals surface area (Å²) in [6.07, 6.45) is 1.55. The molecule has 29 heavy (non-hydrogen) atoms. The molecule has 0 amide bonds. The number of phenolic OH excluding ortho intramolecular Hbond substituents is 1. The van der Waals surface area contributed by atoms with Gasteiger partial charge in [-0.15, -0.1) is 0 Å². The van der Waals surface area contributed by atoms with Gasteiger partial charge in [-0.05, 0) is 38.6 Å². The lowest BCUT2D eigenvalue weighted by Crippen LogP contribution is -2.21. The third-order valence-corrected chi connectivity index (χ3v) is 5.48. The van der Waals surface area contributed by atoms with Gasteiger partial charge in [-0.2, -0.15) is 4.55 Å². The van der Waals surface area contributed by atoms with Crippen molar-refractivity contribution in [2.75, 3.05) is 30.9 Å². The van der Waals surface area contributed by atoms with Crippen LogP contribution in [0.15, 0.2) is 53.9 Å². The minimum Gasteiger partial charge on any atom is -0.507 e. The van der Waals surface area contributed by atoms with Crippen LogP contribution in [0.3, 0.4) is 0 Å². The zero-order chi connectivity index (χ0) is 21.6. The minimum atomic E-state index is -1.06. The maximum Gasteiger partial charge on any atom is 0.339 e. The summed E-state index contributed by atoms with van der Waals surface area (Å²) in [5.41, 5.74) is 1.14. The number of aromatic hydroxyl groups is 1. The SMILES string of the molecule is C=C(COC(=O)c1ccccc1C(=O)c1ccc(N(CC)CC)cc1O)[S+](C)O. The number of hydrogen-bond acceptors (Lipinski definition) is 6. The summed E-state index contributed by atoms with van der Waals surface area (Å²) in [7, 11) is 0. The van der Waals surface area contributed by atoms with E-state index in [1.165, 1.54) is 12.1 Å². The number of nitrogens with zero attached hydrogens (tertiary/aromatic N) is 1. The molecule has 2 aromatic carbocycles. The van der Waals surface area contributed by atoms with E-state index < -0.39 is 22.9 Å². The molecule has 0 fully saturated rings. The quantitative estimate of drug-likeness (QED) is 0.367. The van der Waals surface area contributed by atoms with Crippen LogP contribution in [-0.4, -0.2) is 47.4 Å². The van der Waals surface area contributed by atoms with E-state index >= 15 is 0 Å². The van der Waals surface area contributed by atoms with Crippen LogP contribution in [0.25, 0.3) is 0 Å². The molecule has 7 heteroatoms. The smallest absolute Gasteiger partial charge is 0.339 e. The van der Waals surface area contributed by atoms with Crippen LogP contribution in [0, 0.1) is 0 Å². The van der Waals surface area contributed by atoms with Crippen molar-refractivity contribution in [3.8, 4) is 5.75 Å². The molecule has 154 valence electrons. The van der Waals surface area contributed by atoms with E-state index in [2.05, 4.69) is 11.5 Å². The van der Waals surface area contributed by atoms with Crippen LogP contribution in [0.5, 0.6) is 5.75 Å². The van der Waals surface area contributed by atoms with Gasteiger partial charge >= 0.3 is 5.97 Å². The molecular formula is C22H26NO5S+. The fourth-order valence-corrected chi connectivity index (χ4v) is 3.04. The monoisotopic (exact) mass is 416 g/mol. The maximum atomic E-state index is 13.0. The predicted molar refractivity (Wildman–Crippen MR) is 117 cm³/mol. The van der Waals surface area contributed by atoms with E-state index in [1.807, 2.05) is 13.8 Å². The number of rotatable bonds is 9. The Morgan fingerprint density at radius 3 is 2.24 bits per heavy atom. The fourth-order valence-electron chi connectivity index (χ4n) is 2.81. The van der Waals surface area contributed by atoms with E-state index in [9.17, 15) is 19.2 Å². The van der Waals surface area contributed by atoms with Gasteiger partial charge in [-0.3, -0.25) is 4.79 Å². The normalized spacial score (nSPS) is 11.6. The fraction of sp³-hybridized carbons (Fsp3) is 0.273. The second-order valence-corrected chi connectivity index (χ2v) is 7.87. The van der Waals surface area contributed by atoms with E-state index in [0.717, 1.165) is 18.8 Å². The Bertz CT molecular complexity index is 906. The molecule has 0 aromatic heterocycles. The Hall–Kier alpha value is -2.77. The highest BCUT2D eigenvalue weighted by Gasteiger charge is 2.23. The molecule has 0 radical (unpaired) electrons. The van der Waals surface area contributed by atoms with E-state index in [4.69, 9.17) is 4.74 Å². The number of hydrogen-bond donors (Lipinski definition) is 2. The lowest BCUT2D eigenvalue weighted by atomic mass is 9.97. The predicted octanol–water partition coefficient (Wildman–Crippen LogP) is 3.86. The Labute approximate surface area is 174 Å². The highest BCUT2D eigenvalue weighted by Crippen LogP contribution is 2.28. The Morgan fingerprint density at radius 2 is 1.69 bits per heavy atom. The largest absolute Gasteiger partial charge is 0.507 e. The van der Waals surface area contributed by atoms with Crippen LogP contribution in [-0.2, 0) is 15.9 Å². The van der Waals surface area contributed by atoms with Gasteiger partial charge < -0.3 is 14.7 Å². The molecule has 0 saturated carbocycles. The van der Waals surface area contributed by atoms with Crippen molar-refractivity contribution in [3.05, 3.63) is 70.6 Å². The van der Waals surface area contributed by atoms with Gasteiger partial charge in [0, 0.05) is 30.4 Å². The molecule has 0 aliphatic heterocycles. The highest BCUT2D eigenvalue weighted by atomic mass is 32.2. The highest BCUT2D eigenvalue weighted by molar-refractivity contribution is 7.94. The van der Waals surface area contributed by atoms with Crippen molar-refractivity contribution >= 4 is 28.6 Å². The first-order valence-electron chi connectivity index (χ1n) is 9.21. The summed E-state index contributed by atoms with van der Waals surface area (Å²) < 4.78 is 14.6. The topological polar surface area (TPSA) is 87.1 Å². The molecule has 0 aliphatic rings. The summed E-state index contributed by atoms with van der Waals surface area (Å²) in [4.78, 5) is 27.9. The van der Waals surface area contributed by atoms with Crippen LogP contribution < -0.4 is 4.90 Å². The number of phenols is 1. The Balaban J connectivity index is 2.30. The standard InChI is InChI=1S/C22H25NO5S/c1-5-23(6-2)16-11-12-19(20(24)13-16)21(25)17-9-7-8-10-18(17)22(26)28-14-15(3)29(4)27/h7-13,27H,3,5-6,14H2,1-2,4H3/p+1. The van der Waals surface area contributed by atoms with E-state index in [0.29, 0.717) is 4.91 Å². The molecule has 0 heterocycles. The molecule has 0 spiro atoms. The zero-order valence-electron chi connectivity index (χ0n) is 16.8. The van der Waals surface area contributed by atoms with Crippen molar-refractivity contribution in [3.63, 3.8) is 0 Å². The number of benzene rings is 2. The van der Waals surface area contributed by atoms with Crippen LogP contribution in [0.4, 0.5) is 5.69 Å². The summed E-state index contributed by atoms with van der Waals surface area (Å²) in [6.45, 7) is 9.08. The maximum absolute atomic E-state index is 13.0. The number of carbonyl (C=O) groups is 2. The van der Waals surface area contributed by atoms with Gasteiger partial charge in [0.05, 0.1) is 11.1 Å². The number of esters is 1. The molecule has 0 bridgehead atoms. The van der Waals surface area contributed by atoms with E-state index in [-0.39, 0.29) is 29.0 Å². The lowest BCUT2D eigenvalue weighted by molar-refractivity contribution is 0.0543. The third kappa shape index (κ3) is 5.40. The van der Waals surface area contributed by atoms with Gasteiger partial charge in [0.2, 0.25) is 0 Å². The first kappa shape index (κ1) is 22.5. The van der Waals surface area contributed by atoms with Gasteiger partial charge in [0.25, 0.3) is 0 Å². The van der Waals surface area contributed by atoms with Gasteiger partial charge in [0.15, 0.2) is 28.5 Å². The van der Waals surface area contributed by atoms with Crippen molar-refractivity contribution in [2.24, 2.45) is 0 Å².